The van der Waals surface area contributed by atoms with Crippen molar-refractivity contribution in [1.29, 1.82) is 0 Å². The highest BCUT2D eigenvalue weighted by atomic mass is 16.1. The van der Waals surface area contributed by atoms with Crippen LogP contribution in [0.25, 0.3) is 0 Å². The van der Waals surface area contributed by atoms with Crippen LogP contribution in [0, 0.1) is 0 Å². The first kappa shape index (κ1) is 10.9. The van der Waals surface area contributed by atoms with Crippen LogP contribution in [0.15, 0.2) is 16.9 Å². The van der Waals surface area contributed by atoms with E-state index in [0.717, 1.165) is 18.8 Å². The lowest BCUT2D eigenvalue weighted by molar-refractivity contribution is 0.603. The minimum Gasteiger partial charge on any atom is -0.311 e. The summed E-state index contributed by atoms with van der Waals surface area (Å²) in [5.74, 6) is 0. The highest BCUT2D eigenvalue weighted by Crippen LogP contribution is 1.89. The van der Waals surface area contributed by atoms with E-state index in [1.54, 1.807) is 19.2 Å². The van der Waals surface area contributed by atoms with Gasteiger partial charge in [0.1, 0.15) is 0 Å². The second-order valence-electron chi connectivity index (χ2n) is 3.32. The molecule has 0 unspecified atom stereocenters. The van der Waals surface area contributed by atoms with Gasteiger partial charge in [0.25, 0.3) is 5.56 Å². The first-order valence-corrected chi connectivity index (χ1v) is 4.98. The van der Waals surface area contributed by atoms with Gasteiger partial charge in [-0.25, -0.2) is 4.68 Å². The molecule has 0 atom stereocenters. The number of rotatable bonds is 5. The summed E-state index contributed by atoms with van der Waals surface area (Å²) in [6.07, 6.45) is 2.36. The van der Waals surface area contributed by atoms with Gasteiger partial charge in [0, 0.05) is 19.7 Å². The van der Waals surface area contributed by atoms with E-state index < -0.39 is 0 Å². The van der Waals surface area contributed by atoms with Crippen LogP contribution < -0.4 is 10.9 Å². The molecule has 4 heteroatoms. The first-order chi connectivity index (χ1) is 6.74. The Kier molecular flexibility index (Phi) is 4.32. The van der Waals surface area contributed by atoms with Crippen molar-refractivity contribution in [2.24, 2.45) is 7.05 Å². The lowest BCUT2D eigenvalue weighted by Gasteiger charge is -2.03. The quantitative estimate of drug-likeness (QED) is 0.702. The highest BCUT2D eigenvalue weighted by molar-refractivity contribution is 4.99. The Morgan fingerprint density at radius 1 is 1.50 bits per heavy atom. The van der Waals surface area contributed by atoms with E-state index in [9.17, 15) is 4.79 Å². The molecule has 0 aromatic carbocycles. The Bertz CT molecular complexity index is 332. The van der Waals surface area contributed by atoms with Gasteiger partial charge in [-0.1, -0.05) is 13.3 Å². The van der Waals surface area contributed by atoms with Gasteiger partial charge in [0.2, 0.25) is 0 Å². The molecule has 0 aliphatic heterocycles. The number of nitrogens with zero attached hydrogens (tertiary/aromatic N) is 2. The molecule has 1 rings (SSSR count). The number of hydrogen-bond donors (Lipinski definition) is 1. The molecule has 0 radical (unpaired) electrons. The van der Waals surface area contributed by atoms with Crippen molar-refractivity contribution in [3.05, 3.63) is 28.2 Å². The van der Waals surface area contributed by atoms with Crippen molar-refractivity contribution >= 4 is 0 Å². The van der Waals surface area contributed by atoms with Crippen LogP contribution in [0.5, 0.6) is 0 Å². The summed E-state index contributed by atoms with van der Waals surface area (Å²) in [5, 5.41) is 7.38. The fraction of sp³-hybridized carbons (Fsp3) is 0.600. The summed E-state index contributed by atoms with van der Waals surface area (Å²) in [5.41, 5.74) is 0.838. The fourth-order valence-corrected chi connectivity index (χ4v) is 1.16. The number of nitrogens with one attached hydrogen (secondary N) is 1. The van der Waals surface area contributed by atoms with Gasteiger partial charge in [0.05, 0.1) is 5.69 Å². The van der Waals surface area contributed by atoms with Crippen LogP contribution in [-0.4, -0.2) is 16.3 Å². The molecular formula is C10H17N3O. The van der Waals surface area contributed by atoms with E-state index in [2.05, 4.69) is 17.3 Å². The van der Waals surface area contributed by atoms with E-state index >= 15 is 0 Å². The SMILES string of the molecule is CCCCNCc1ccc(=O)n(C)n1. The Hall–Kier alpha value is -1.16. The van der Waals surface area contributed by atoms with Crippen LogP contribution >= 0.6 is 0 Å². The zero-order chi connectivity index (χ0) is 10.4. The molecule has 0 bridgehead atoms. The molecule has 1 heterocycles. The van der Waals surface area contributed by atoms with E-state index in [0.29, 0.717) is 0 Å². The molecule has 0 fully saturated rings. The second-order valence-corrected chi connectivity index (χ2v) is 3.32. The van der Waals surface area contributed by atoms with Crippen LogP contribution in [-0.2, 0) is 13.6 Å². The largest absolute Gasteiger partial charge is 0.311 e. The topological polar surface area (TPSA) is 46.9 Å². The van der Waals surface area contributed by atoms with Gasteiger partial charge < -0.3 is 5.32 Å². The summed E-state index contributed by atoms with van der Waals surface area (Å²) in [7, 11) is 1.66. The zero-order valence-corrected chi connectivity index (χ0v) is 8.79. The van der Waals surface area contributed by atoms with Crippen molar-refractivity contribution in [3.8, 4) is 0 Å². The predicted octanol–water partition coefficient (Wildman–Crippen LogP) is 0.670. The summed E-state index contributed by atoms with van der Waals surface area (Å²) in [4.78, 5) is 11.0. The van der Waals surface area contributed by atoms with Crippen molar-refractivity contribution in [2.45, 2.75) is 26.3 Å². The second kappa shape index (κ2) is 5.54. The lowest BCUT2D eigenvalue weighted by Crippen LogP contribution is -2.22. The maximum Gasteiger partial charge on any atom is 0.266 e. The van der Waals surface area contributed by atoms with Crippen LogP contribution in [0.2, 0.25) is 0 Å². The molecule has 1 N–H and O–H groups in total. The van der Waals surface area contributed by atoms with Gasteiger partial charge >= 0.3 is 0 Å². The molecule has 4 nitrogen and oxygen atoms in total. The number of hydrogen-bond acceptors (Lipinski definition) is 3. The van der Waals surface area contributed by atoms with E-state index in [1.807, 2.05) is 0 Å². The zero-order valence-electron chi connectivity index (χ0n) is 8.79. The molecule has 0 amide bonds. The van der Waals surface area contributed by atoms with Gasteiger partial charge in [-0.05, 0) is 19.0 Å². The van der Waals surface area contributed by atoms with Crippen molar-refractivity contribution < 1.29 is 0 Å². The van der Waals surface area contributed by atoms with E-state index in [1.165, 1.54) is 17.5 Å². The van der Waals surface area contributed by atoms with Crippen LogP contribution in [0.3, 0.4) is 0 Å². The van der Waals surface area contributed by atoms with E-state index in [4.69, 9.17) is 0 Å². The number of unbranched alkanes of at least 4 members (excludes halogenated alkanes) is 1. The Balaban J connectivity index is 2.43. The minimum atomic E-state index is -0.0673. The molecular weight excluding hydrogens is 178 g/mol. The molecule has 0 saturated carbocycles. The maximum absolute atomic E-state index is 11.0. The van der Waals surface area contributed by atoms with Gasteiger partial charge in [-0.15, -0.1) is 0 Å². The molecule has 14 heavy (non-hydrogen) atoms. The lowest BCUT2D eigenvalue weighted by atomic mass is 10.3. The molecule has 1 aromatic heterocycles. The normalized spacial score (nSPS) is 10.4. The highest BCUT2D eigenvalue weighted by Gasteiger charge is 1.95. The molecule has 0 aliphatic carbocycles. The monoisotopic (exact) mass is 195 g/mol. The average Bonchev–Trinajstić information content (AvgIpc) is 2.18. The summed E-state index contributed by atoms with van der Waals surface area (Å²) in [6.45, 7) is 3.89. The number of aromatic nitrogens is 2. The third-order valence-corrected chi connectivity index (χ3v) is 2.03. The Labute approximate surface area is 84.0 Å². The van der Waals surface area contributed by atoms with E-state index in [-0.39, 0.29) is 5.56 Å². The summed E-state index contributed by atoms with van der Waals surface area (Å²) < 4.78 is 1.36. The van der Waals surface area contributed by atoms with Crippen molar-refractivity contribution in [3.63, 3.8) is 0 Å². The molecule has 0 spiro atoms. The summed E-state index contributed by atoms with van der Waals surface area (Å²) >= 11 is 0. The Morgan fingerprint density at radius 2 is 2.29 bits per heavy atom. The third-order valence-electron chi connectivity index (χ3n) is 2.03. The Morgan fingerprint density at radius 3 is 2.93 bits per heavy atom. The van der Waals surface area contributed by atoms with Gasteiger partial charge in [0.15, 0.2) is 0 Å². The molecule has 0 saturated heterocycles. The summed E-state index contributed by atoms with van der Waals surface area (Å²) in [6, 6.07) is 3.31. The van der Waals surface area contributed by atoms with Crippen LogP contribution in [0.4, 0.5) is 0 Å². The van der Waals surface area contributed by atoms with Crippen molar-refractivity contribution in [1.82, 2.24) is 15.1 Å². The fourth-order valence-electron chi connectivity index (χ4n) is 1.16. The molecule has 0 aliphatic rings. The van der Waals surface area contributed by atoms with Crippen molar-refractivity contribution in [2.75, 3.05) is 6.54 Å². The predicted molar refractivity (Wildman–Crippen MR) is 56.1 cm³/mol. The molecule has 78 valence electrons. The van der Waals surface area contributed by atoms with Gasteiger partial charge in [-0.2, -0.15) is 5.10 Å². The standard InChI is InChI=1S/C10H17N3O/c1-3-4-7-11-8-9-5-6-10(14)13(2)12-9/h5-6,11H,3-4,7-8H2,1-2H3. The first-order valence-electron chi connectivity index (χ1n) is 4.98. The third kappa shape index (κ3) is 3.30. The number of aryl methyl sites for hydroxylation is 1. The van der Waals surface area contributed by atoms with Crippen LogP contribution in [0.1, 0.15) is 25.5 Å². The maximum atomic E-state index is 11.0. The molecule has 1 aromatic rings. The van der Waals surface area contributed by atoms with Gasteiger partial charge in [-0.3, -0.25) is 4.79 Å². The smallest absolute Gasteiger partial charge is 0.266 e. The minimum absolute atomic E-state index is 0.0673. The average molecular weight is 195 g/mol.